The van der Waals surface area contributed by atoms with Crippen molar-refractivity contribution < 1.29 is 0 Å². The van der Waals surface area contributed by atoms with Gasteiger partial charge in [0.25, 0.3) is 0 Å². The van der Waals surface area contributed by atoms with Crippen LogP contribution in [0.2, 0.25) is 0 Å². The van der Waals surface area contributed by atoms with Crippen molar-refractivity contribution in [3.8, 4) is 0 Å². The molecule has 0 aliphatic rings. The van der Waals surface area contributed by atoms with Crippen LogP contribution in [0.25, 0.3) is 11.2 Å². The highest BCUT2D eigenvalue weighted by molar-refractivity contribution is 7.99. The molecule has 0 radical (unpaired) electrons. The number of rotatable bonds is 6. The van der Waals surface area contributed by atoms with Crippen LogP contribution in [0.15, 0.2) is 17.7 Å². The van der Waals surface area contributed by atoms with Crippen LogP contribution >= 0.6 is 23.4 Å². The molecule has 2 heterocycles. The van der Waals surface area contributed by atoms with Crippen LogP contribution in [0, 0.1) is 5.92 Å². The van der Waals surface area contributed by atoms with Gasteiger partial charge < -0.3 is 4.98 Å². The van der Waals surface area contributed by atoms with E-state index in [0.717, 1.165) is 40.7 Å². The van der Waals surface area contributed by atoms with E-state index in [4.69, 9.17) is 11.6 Å². The average molecular weight is 271 g/mol. The maximum atomic E-state index is 5.72. The number of nitrogens with zero attached hydrogens (tertiary/aromatic N) is 3. The van der Waals surface area contributed by atoms with E-state index in [-0.39, 0.29) is 0 Å². The number of imidazole rings is 1. The maximum Gasteiger partial charge on any atom is 0.181 e. The summed E-state index contributed by atoms with van der Waals surface area (Å²) in [6.45, 7) is 2.23. The number of H-pyrrole nitrogens is 1. The van der Waals surface area contributed by atoms with Gasteiger partial charge in [-0.1, -0.05) is 6.92 Å². The molecule has 2 aromatic rings. The van der Waals surface area contributed by atoms with Crippen molar-refractivity contribution in [1.29, 1.82) is 0 Å². The molecule has 0 aliphatic carbocycles. The number of alkyl halides is 1. The van der Waals surface area contributed by atoms with Gasteiger partial charge in [-0.3, -0.25) is 0 Å². The molecule has 0 amide bonds. The largest absolute Gasteiger partial charge is 0.341 e. The van der Waals surface area contributed by atoms with Crippen molar-refractivity contribution in [2.45, 2.75) is 24.8 Å². The van der Waals surface area contributed by atoms with E-state index >= 15 is 0 Å². The Labute approximate surface area is 110 Å². The molecule has 0 aliphatic heterocycles. The Morgan fingerprint density at radius 2 is 2.24 bits per heavy atom. The lowest BCUT2D eigenvalue weighted by atomic mass is 10.1. The number of hydrogen-bond donors (Lipinski definition) is 1. The molecular weight excluding hydrogens is 256 g/mol. The molecule has 0 aromatic carbocycles. The van der Waals surface area contributed by atoms with Crippen molar-refractivity contribution in [2.24, 2.45) is 5.92 Å². The van der Waals surface area contributed by atoms with E-state index < -0.39 is 0 Å². The van der Waals surface area contributed by atoms with Crippen LogP contribution in [-0.4, -0.2) is 31.6 Å². The summed E-state index contributed by atoms with van der Waals surface area (Å²) in [5.41, 5.74) is 1.67. The molecule has 2 aromatic heterocycles. The first-order valence-electron chi connectivity index (χ1n) is 5.64. The zero-order valence-corrected chi connectivity index (χ0v) is 11.3. The Balaban J connectivity index is 1.92. The Morgan fingerprint density at radius 3 is 3.06 bits per heavy atom. The smallest absolute Gasteiger partial charge is 0.181 e. The van der Waals surface area contributed by atoms with Gasteiger partial charge in [-0.15, -0.1) is 23.4 Å². The number of thioether (sulfide) groups is 1. The van der Waals surface area contributed by atoms with Gasteiger partial charge in [-0.05, 0) is 24.5 Å². The van der Waals surface area contributed by atoms with Gasteiger partial charge in [0.15, 0.2) is 5.65 Å². The predicted molar refractivity (Wildman–Crippen MR) is 71.5 cm³/mol. The van der Waals surface area contributed by atoms with E-state index in [1.807, 2.05) is 0 Å². The highest BCUT2D eigenvalue weighted by Gasteiger charge is 2.07. The standard InChI is InChI=1S/C11H15ClN4S/c1-8(2-4-12)3-5-17-11-9-10(14-6-13-9)15-7-16-11/h6-8H,2-5H2,1H3,(H,13,14,15,16). The van der Waals surface area contributed by atoms with E-state index in [1.165, 1.54) is 0 Å². The van der Waals surface area contributed by atoms with E-state index in [9.17, 15) is 0 Å². The fourth-order valence-electron chi connectivity index (χ4n) is 1.54. The predicted octanol–water partition coefficient (Wildman–Crippen LogP) is 3.10. The van der Waals surface area contributed by atoms with Crippen LogP contribution in [0.5, 0.6) is 0 Å². The normalized spacial score (nSPS) is 13.1. The summed E-state index contributed by atoms with van der Waals surface area (Å²) < 4.78 is 0. The Bertz CT molecular complexity index is 473. The maximum absolute atomic E-state index is 5.72. The van der Waals surface area contributed by atoms with Crippen molar-refractivity contribution in [3.63, 3.8) is 0 Å². The van der Waals surface area contributed by atoms with Crippen molar-refractivity contribution in [3.05, 3.63) is 12.7 Å². The summed E-state index contributed by atoms with van der Waals surface area (Å²) in [5.74, 6) is 2.45. The number of fused-ring (bicyclic) bond motifs is 1. The van der Waals surface area contributed by atoms with E-state index in [2.05, 4.69) is 26.9 Å². The zero-order valence-electron chi connectivity index (χ0n) is 9.69. The number of nitrogens with one attached hydrogen (secondary N) is 1. The third kappa shape index (κ3) is 3.33. The van der Waals surface area contributed by atoms with E-state index in [1.54, 1.807) is 24.4 Å². The molecule has 1 N–H and O–H groups in total. The second kappa shape index (κ2) is 6.21. The van der Waals surface area contributed by atoms with Crippen LogP contribution in [0.1, 0.15) is 19.8 Å². The summed E-state index contributed by atoms with van der Waals surface area (Å²) in [5, 5.41) is 0.977. The molecule has 4 nitrogen and oxygen atoms in total. The van der Waals surface area contributed by atoms with E-state index in [0.29, 0.717) is 5.92 Å². The minimum Gasteiger partial charge on any atom is -0.341 e. The molecule has 0 spiro atoms. The quantitative estimate of drug-likeness (QED) is 0.498. The third-order valence-electron chi connectivity index (χ3n) is 2.64. The Morgan fingerprint density at radius 1 is 1.35 bits per heavy atom. The van der Waals surface area contributed by atoms with Gasteiger partial charge in [0.05, 0.1) is 6.33 Å². The first-order valence-corrected chi connectivity index (χ1v) is 7.16. The summed E-state index contributed by atoms with van der Waals surface area (Å²) in [6, 6.07) is 0. The lowest BCUT2D eigenvalue weighted by Crippen LogP contribution is -1.97. The van der Waals surface area contributed by atoms with Gasteiger partial charge in [0.2, 0.25) is 0 Å². The molecule has 1 atom stereocenters. The molecule has 0 bridgehead atoms. The second-order valence-corrected chi connectivity index (χ2v) is 5.46. The second-order valence-electron chi connectivity index (χ2n) is 4.00. The van der Waals surface area contributed by atoms with Crippen LogP contribution in [0.4, 0.5) is 0 Å². The Kier molecular flexibility index (Phi) is 4.62. The summed E-state index contributed by atoms with van der Waals surface area (Å²) >= 11 is 7.46. The molecular formula is C11H15ClN4S. The third-order valence-corrected chi connectivity index (χ3v) is 3.88. The molecule has 0 saturated heterocycles. The van der Waals surface area contributed by atoms with Crippen molar-refractivity contribution in [2.75, 3.05) is 11.6 Å². The molecule has 0 fully saturated rings. The lowest BCUT2D eigenvalue weighted by Gasteiger charge is -2.08. The number of aromatic nitrogens is 4. The van der Waals surface area contributed by atoms with Crippen molar-refractivity contribution >= 4 is 34.5 Å². The van der Waals surface area contributed by atoms with Crippen molar-refractivity contribution in [1.82, 2.24) is 19.9 Å². The summed E-state index contributed by atoms with van der Waals surface area (Å²) in [6.07, 6.45) is 5.44. The van der Waals surface area contributed by atoms with Crippen LogP contribution in [0.3, 0.4) is 0 Å². The SMILES string of the molecule is CC(CCCl)CCSc1ncnc2nc[nH]c12. The van der Waals surface area contributed by atoms with Gasteiger partial charge in [0.1, 0.15) is 16.9 Å². The average Bonchev–Trinajstić information content (AvgIpc) is 2.78. The minimum atomic E-state index is 0.666. The number of halogens is 1. The van der Waals surface area contributed by atoms with Gasteiger partial charge in [-0.25, -0.2) is 15.0 Å². The van der Waals surface area contributed by atoms with Gasteiger partial charge >= 0.3 is 0 Å². The molecule has 1 unspecified atom stereocenters. The molecule has 17 heavy (non-hydrogen) atoms. The molecule has 6 heteroatoms. The lowest BCUT2D eigenvalue weighted by molar-refractivity contribution is 0.552. The highest BCUT2D eigenvalue weighted by Crippen LogP contribution is 2.24. The zero-order chi connectivity index (χ0) is 12.1. The fraction of sp³-hybridized carbons (Fsp3) is 0.545. The first-order chi connectivity index (χ1) is 8.31. The molecule has 92 valence electrons. The number of aromatic amines is 1. The number of hydrogen-bond acceptors (Lipinski definition) is 4. The monoisotopic (exact) mass is 270 g/mol. The van der Waals surface area contributed by atoms with Crippen LogP contribution < -0.4 is 0 Å². The van der Waals surface area contributed by atoms with Gasteiger partial charge in [0, 0.05) is 5.88 Å². The van der Waals surface area contributed by atoms with Gasteiger partial charge in [-0.2, -0.15) is 0 Å². The highest BCUT2D eigenvalue weighted by atomic mass is 35.5. The Hall–Kier alpha value is -0.810. The summed E-state index contributed by atoms with van der Waals surface area (Å²) in [4.78, 5) is 15.6. The first kappa shape index (κ1) is 12.6. The molecule has 0 saturated carbocycles. The van der Waals surface area contributed by atoms with Crippen LogP contribution in [-0.2, 0) is 0 Å². The summed E-state index contributed by atoms with van der Waals surface area (Å²) in [7, 11) is 0. The topological polar surface area (TPSA) is 54.5 Å². The minimum absolute atomic E-state index is 0.666. The molecule has 2 rings (SSSR count). The fourth-order valence-corrected chi connectivity index (χ4v) is 3.04.